The van der Waals surface area contributed by atoms with E-state index >= 15 is 0 Å². The van der Waals surface area contributed by atoms with E-state index in [1.165, 1.54) is 28.4 Å². The van der Waals surface area contributed by atoms with Crippen molar-refractivity contribution in [2.45, 2.75) is 46.2 Å². The number of imidazole rings is 1. The highest BCUT2D eigenvalue weighted by Gasteiger charge is 2.31. The van der Waals surface area contributed by atoms with Crippen LogP contribution in [0.3, 0.4) is 0 Å². The molecular weight excluding hydrogens is 432 g/mol. The average Bonchev–Trinajstić information content (AvgIpc) is 3.22. The Morgan fingerprint density at radius 1 is 1.09 bits per heavy atom. The van der Waals surface area contributed by atoms with Crippen molar-refractivity contribution in [1.82, 2.24) is 23.6 Å². The molecule has 34 heavy (non-hydrogen) atoms. The van der Waals surface area contributed by atoms with Crippen LogP contribution in [0.25, 0.3) is 11.2 Å². The number of hydrogen-bond donors (Lipinski definition) is 0. The van der Waals surface area contributed by atoms with Gasteiger partial charge in [0, 0.05) is 33.2 Å². The topological polar surface area (TPSA) is 77.5 Å². The smallest absolute Gasteiger partial charge is 0.332 e. The van der Waals surface area contributed by atoms with Gasteiger partial charge in [-0.3, -0.25) is 13.9 Å². The molecule has 5 rings (SSSR count). The number of fused-ring (bicyclic) bond motifs is 3. The van der Waals surface area contributed by atoms with Gasteiger partial charge in [-0.1, -0.05) is 19.4 Å². The van der Waals surface area contributed by atoms with E-state index in [1.54, 1.807) is 14.2 Å². The van der Waals surface area contributed by atoms with Crippen molar-refractivity contribution in [2.24, 2.45) is 13.0 Å². The molecule has 0 radical (unpaired) electrons. The molecule has 0 amide bonds. The Bertz CT molecular complexity index is 1330. The lowest BCUT2D eigenvalue weighted by Gasteiger charge is -2.33. The first-order chi connectivity index (χ1) is 16.4. The Morgan fingerprint density at radius 2 is 1.85 bits per heavy atom. The number of hydrogen-bond acceptors (Lipinski definition) is 6. The monoisotopic (exact) mass is 466 g/mol. The van der Waals surface area contributed by atoms with E-state index in [2.05, 4.69) is 22.8 Å². The van der Waals surface area contributed by atoms with Crippen LogP contribution in [-0.4, -0.2) is 56.9 Å². The van der Waals surface area contributed by atoms with E-state index in [0.29, 0.717) is 36.7 Å². The van der Waals surface area contributed by atoms with E-state index < -0.39 is 0 Å². The lowest BCUT2D eigenvalue weighted by atomic mass is 10.1. The predicted octanol–water partition coefficient (Wildman–Crippen LogP) is 2.49. The Kier molecular flexibility index (Phi) is 5.97. The summed E-state index contributed by atoms with van der Waals surface area (Å²) in [6.45, 7) is 8.81. The fourth-order valence-corrected chi connectivity index (χ4v) is 5.34. The quantitative estimate of drug-likeness (QED) is 0.575. The molecule has 4 heterocycles. The third-order valence-electron chi connectivity index (χ3n) is 7.16. The van der Waals surface area contributed by atoms with Crippen molar-refractivity contribution < 1.29 is 4.74 Å². The molecule has 0 aliphatic carbocycles. The molecule has 2 aromatic heterocycles. The number of anilines is 2. The molecule has 1 saturated heterocycles. The van der Waals surface area contributed by atoms with Gasteiger partial charge in [-0.05, 0) is 56.5 Å². The Balaban J connectivity index is 1.63. The van der Waals surface area contributed by atoms with E-state index in [9.17, 15) is 9.59 Å². The fraction of sp³-hybridized carbons (Fsp3) is 0.560. The molecule has 1 atom stereocenters. The number of aryl methyl sites for hydroxylation is 2. The second kappa shape index (κ2) is 8.94. The Labute approximate surface area is 199 Å². The number of aromatic nitrogens is 4. The highest BCUT2D eigenvalue weighted by molar-refractivity contribution is 5.78. The van der Waals surface area contributed by atoms with Gasteiger partial charge in [-0.25, -0.2) is 4.79 Å². The molecule has 2 aliphatic heterocycles. The Morgan fingerprint density at radius 3 is 2.59 bits per heavy atom. The zero-order chi connectivity index (χ0) is 24.0. The van der Waals surface area contributed by atoms with Gasteiger partial charge in [0.2, 0.25) is 5.95 Å². The highest BCUT2D eigenvalue weighted by Crippen LogP contribution is 2.38. The number of rotatable bonds is 5. The normalized spacial score (nSPS) is 18.9. The largest absolute Gasteiger partial charge is 0.495 e. The summed E-state index contributed by atoms with van der Waals surface area (Å²) in [5.41, 5.74) is 2.41. The summed E-state index contributed by atoms with van der Waals surface area (Å²) in [5.74, 6) is 1.72. The van der Waals surface area contributed by atoms with Gasteiger partial charge < -0.3 is 19.1 Å². The zero-order valence-electron chi connectivity index (χ0n) is 20.6. The number of ether oxygens (including phenoxy) is 1. The molecule has 0 spiro atoms. The minimum atomic E-state index is -0.308. The van der Waals surface area contributed by atoms with Crippen LogP contribution in [0.5, 0.6) is 5.75 Å². The van der Waals surface area contributed by atoms with Gasteiger partial charge in [-0.15, -0.1) is 0 Å². The van der Waals surface area contributed by atoms with Crippen molar-refractivity contribution in [3.05, 3.63) is 44.6 Å². The number of piperidine rings is 1. The summed E-state index contributed by atoms with van der Waals surface area (Å²) in [7, 11) is 3.37. The summed E-state index contributed by atoms with van der Waals surface area (Å²) in [5, 5.41) is 0. The van der Waals surface area contributed by atoms with Gasteiger partial charge in [0.15, 0.2) is 11.2 Å². The molecule has 9 nitrogen and oxygen atoms in total. The molecule has 1 aromatic carbocycles. The van der Waals surface area contributed by atoms with E-state index in [0.717, 1.165) is 36.6 Å². The van der Waals surface area contributed by atoms with E-state index in [1.807, 2.05) is 23.6 Å². The van der Waals surface area contributed by atoms with Crippen LogP contribution in [0.2, 0.25) is 0 Å². The van der Waals surface area contributed by atoms with Crippen molar-refractivity contribution in [3.8, 4) is 5.75 Å². The van der Waals surface area contributed by atoms with Crippen LogP contribution < -0.4 is 20.9 Å². The van der Waals surface area contributed by atoms with E-state index in [4.69, 9.17) is 9.72 Å². The van der Waals surface area contributed by atoms with E-state index in [-0.39, 0.29) is 17.2 Å². The third kappa shape index (κ3) is 3.81. The number of nitrogens with zero attached hydrogens (tertiary/aromatic N) is 6. The maximum atomic E-state index is 13.7. The van der Waals surface area contributed by atoms with Crippen LogP contribution in [0.15, 0.2) is 27.8 Å². The van der Waals surface area contributed by atoms with Gasteiger partial charge in [-0.2, -0.15) is 4.98 Å². The SMILES string of the molecule is COc1ccc(C)cc1N1C[C@H](C)Cn2c1nc1c2c(=O)n(CCN2CCCCC2)c(=O)n1C. The maximum Gasteiger partial charge on any atom is 0.332 e. The predicted molar refractivity (Wildman–Crippen MR) is 133 cm³/mol. The molecule has 9 heteroatoms. The lowest BCUT2D eigenvalue weighted by Crippen LogP contribution is -2.43. The first-order valence-electron chi connectivity index (χ1n) is 12.2. The van der Waals surface area contributed by atoms with Gasteiger partial charge >= 0.3 is 5.69 Å². The van der Waals surface area contributed by atoms with Gasteiger partial charge in [0.05, 0.1) is 12.8 Å². The zero-order valence-corrected chi connectivity index (χ0v) is 20.6. The third-order valence-corrected chi connectivity index (χ3v) is 7.16. The average molecular weight is 467 g/mol. The molecule has 0 saturated carbocycles. The van der Waals surface area contributed by atoms with Crippen molar-refractivity contribution >= 4 is 22.8 Å². The fourth-order valence-electron chi connectivity index (χ4n) is 5.34. The highest BCUT2D eigenvalue weighted by atomic mass is 16.5. The molecule has 1 fully saturated rings. The number of methoxy groups -OCH3 is 1. The molecule has 2 aliphatic rings. The molecular formula is C25H34N6O3. The van der Waals surface area contributed by atoms with Crippen LogP contribution in [0.4, 0.5) is 11.6 Å². The molecule has 0 N–H and O–H groups in total. The second-order valence-electron chi connectivity index (χ2n) is 9.79. The van der Waals surface area contributed by atoms with Gasteiger partial charge in [0.25, 0.3) is 5.56 Å². The minimum Gasteiger partial charge on any atom is -0.495 e. The maximum absolute atomic E-state index is 13.7. The standard InChI is InChI=1S/C25H34N6O3/c1-17-8-9-20(34-4)19(14-17)30-15-18(2)16-31-21-22(26-24(30)31)27(3)25(33)29(23(21)32)13-12-28-10-6-5-7-11-28/h8-9,14,18H,5-7,10-13,15-16H2,1-4H3/t18-/m0/s1. The van der Waals surface area contributed by atoms with Crippen LogP contribution >= 0.6 is 0 Å². The van der Waals surface area contributed by atoms with Crippen LogP contribution in [-0.2, 0) is 20.1 Å². The van der Waals surface area contributed by atoms with Crippen molar-refractivity contribution in [2.75, 3.05) is 38.2 Å². The summed E-state index contributed by atoms with van der Waals surface area (Å²) in [4.78, 5) is 36.1. The molecule has 0 bridgehead atoms. The summed E-state index contributed by atoms with van der Waals surface area (Å²) >= 11 is 0. The molecule has 0 unspecified atom stereocenters. The summed E-state index contributed by atoms with van der Waals surface area (Å²) < 4.78 is 10.6. The Hall–Kier alpha value is -3.07. The first-order valence-corrected chi connectivity index (χ1v) is 12.2. The first kappa shape index (κ1) is 22.7. The van der Waals surface area contributed by atoms with Crippen molar-refractivity contribution in [1.29, 1.82) is 0 Å². The lowest BCUT2D eigenvalue weighted by molar-refractivity contribution is 0.218. The number of likely N-dealkylation sites (tertiary alicyclic amines) is 1. The molecule has 3 aromatic rings. The minimum absolute atomic E-state index is 0.251. The summed E-state index contributed by atoms with van der Waals surface area (Å²) in [6, 6.07) is 6.06. The number of benzene rings is 1. The molecule has 182 valence electrons. The van der Waals surface area contributed by atoms with Gasteiger partial charge in [0.1, 0.15) is 5.75 Å². The van der Waals surface area contributed by atoms with Crippen molar-refractivity contribution in [3.63, 3.8) is 0 Å². The second-order valence-corrected chi connectivity index (χ2v) is 9.79. The van der Waals surface area contributed by atoms with Crippen LogP contribution in [0, 0.1) is 12.8 Å². The summed E-state index contributed by atoms with van der Waals surface area (Å²) in [6.07, 6.45) is 3.61. The van der Waals surface area contributed by atoms with Crippen LogP contribution in [0.1, 0.15) is 31.7 Å².